The minimum Gasteiger partial charge on any atom is -0.382 e. The fourth-order valence-corrected chi connectivity index (χ4v) is 4.92. The molecule has 0 heterocycles. The van der Waals surface area contributed by atoms with Gasteiger partial charge in [-0.1, -0.05) is 45.4 Å². The van der Waals surface area contributed by atoms with Crippen LogP contribution in [0.2, 0.25) is 0 Å². The molecule has 2 saturated carbocycles. The van der Waals surface area contributed by atoms with Crippen LogP contribution >= 0.6 is 0 Å². The number of hydrogen-bond acceptors (Lipinski definition) is 1. The van der Waals surface area contributed by atoms with E-state index in [-0.39, 0.29) is 0 Å². The van der Waals surface area contributed by atoms with E-state index in [1.807, 2.05) is 0 Å². The van der Waals surface area contributed by atoms with Gasteiger partial charge < -0.3 is 4.74 Å². The van der Waals surface area contributed by atoms with Gasteiger partial charge in [0.05, 0.1) is 0 Å². The van der Waals surface area contributed by atoms with E-state index in [4.69, 9.17) is 4.74 Å². The van der Waals surface area contributed by atoms with Crippen LogP contribution in [-0.4, -0.2) is 13.2 Å². The first kappa shape index (κ1) is 17.3. The normalized spacial score (nSPS) is 34.0. The molecule has 0 bridgehead atoms. The van der Waals surface area contributed by atoms with Gasteiger partial charge in [-0.15, -0.1) is 0 Å². The summed E-state index contributed by atoms with van der Waals surface area (Å²) in [6.07, 6.45) is 17.8. The molecule has 124 valence electrons. The van der Waals surface area contributed by atoms with Gasteiger partial charge in [0.1, 0.15) is 0 Å². The largest absolute Gasteiger partial charge is 0.382 e. The van der Waals surface area contributed by atoms with Crippen LogP contribution in [0.5, 0.6) is 0 Å². The van der Waals surface area contributed by atoms with Crippen molar-refractivity contribution in [1.82, 2.24) is 0 Å². The van der Waals surface area contributed by atoms with Gasteiger partial charge in [-0.25, -0.2) is 0 Å². The van der Waals surface area contributed by atoms with Crippen molar-refractivity contribution in [3.05, 3.63) is 0 Å². The highest BCUT2D eigenvalue weighted by Gasteiger charge is 2.30. The molecule has 0 aliphatic heterocycles. The molecule has 0 spiro atoms. The molecule has 1 heteroatoms. The maximum atomic E-state index is 5.47. The van der Waals surface area contributed by atoms with Crippen LogP contribution in [-0.2, 0) is 4.74 Å². The van der Waals surface area contributed by atoms with Crippen LogP contribution < -0.4 is 0 Å². The van der Waals surface area contributed by atoms with Crippen molar-refractivity contribution in [3.63, 3.8) is 0 Å². The summed E-state index contributed by atoms with van der Waals surface area (Å²) >= 11 is 0. The van der Waals surface area contributed by atoms with Gasteiger partial charge in [-0.3, -0.25) is 0 Å². The van der Waals surface area contributed by atoms with Gasteiger partial charge in [-0.05, 0) is 69.1 Å². The lowest BCUT2D eigenvalue weighted by atomic mass is 9.68. The fraction of sp³-hybridized carbons (Fsp3) is 1.00. The Hall–Kier alpha value is -0.0400. The predicted molar refractivity (Wildman–Crippen MR) is 91.5 cm³/mol. The summed E-state index contributed by atoms with van der Waals surface area (Å²) in [6, 6.07) is 0. The van der Waals surface area contributed by atoms with Gasteiger partial charge >= 0.3 is 0 Å². The van der Waals surface area contributed by atoms with E-state index in [1.54, 1.807) is 12.8 Å². The highest BCUT2D eigenvalue weighted by Crippen LogP contribution is 2.42. The quantitative estimate of drug-likeness (QED) is 0.483. The summed E-state index contributed by atoms with van der Waals surface area (Å²) < 4.78 is 5.47. The number of rotatable bonds is 8. The summed E-state index contributed by atoms with van der Waals surface area (Å²) in [4.78, 5) is 0. The third-order valence-electron chi connectivity index (χ3n) is 6.25. The molecule has 0 aromatic carbocycles. The first-order valence-corrected chi connectivity index (χ1v) is 9.91. The molecular weight excluding hydrogens is 256 g/mol. The molecule has 0 saturated heterocycles. The van der Waals surface area contributed by atoms with Crippen molar-refractivity contribution in [3.8, 4) is 0 Å². The standard InChI is InChI=1S/C20H38O/c1-3-6-17-8-12-19(13-9-17)20-14-10-18(11-15-20)7-5-16-21-4-2/h17-20H,3-16H2,1-2H3. The Balaban J connectivity index is 1.59. The number of hydrogen-bond donors (Lipinski definition) is 0. The highest BCUT2D eigenvalue weighted by atomic mass is 16.5. The molecule has 2 rings (SSSR count). The van der Waals surface area contributed by atoms with Gasteiger partial charge in [0.15, 0.2) is 0 Å². The van der Waals surface area contributed by atoms with Gasteiger partial charge in [0, 0.05) is 13.2 Å². The zero-order chi connectivity index (χ0) is 14.9. The van der Waals surface area contributed by atoms with Gasteiger partial charge in [-0.2, -0.15) is 0 Å². The summed E-state index contributed by atoms with van der Waals surface area (Å²) in [7, 11) is 0. The Bertz CT molecular complexity index is 247. The Kier molecular flexibility index (Phi) is 8.14. The second-order valence-corrected chi connectivity index (χ2v) is 7.69. The second-order valence-electron chi connectivity index (χ2n) is 7.69. The van der Waals surface area contributed by atoms with Crippen molar-refractivity contribution >= 4 is 0 Å². The Morgan fingerprint density at radius 1 is 0.714 bits per heavy atom. The summed E-state index contributed by atoms with van der Waals surface area (Å²) in [6.45, 7) is 6.31. The van der Waals surface area contributed by atoms with Crippen LogP contribution in [0, 0.1) is 23.7 Å². The fourth-order valence-electron chi connectivity index (χ4n) is 4.92. The molecule has 0 unspecified atom stereocenters. The van der Waals surface area contributed by atoms with Crippen LogP contribution in [0.25, 0.3) is 0 Å². The van der Waals surface area contributed by atoms with Crippen molar-refractivity contribution in [2.75, 3.05) is 13.2 Å². The van der Waals surface area contributed by atoms with Crippen LogP contribution in [0.15, 0.2) is 0 Å². The molecular formula is C20H38O. The van der Waals surface area contributed by atoms with E-state index in [0.717, 1.165) is 36.9 Å². The van der Waals surface area contributed by atoms with E-state index in [9.17, 15) is 0 Å². The minimum atomic E-state index is 0.882. The van der Waals surface area contributed by atoms with Crippen LogP contribution in [0.1, 0.15) is 90.9 Å². The Labute approximate surface area is 133 Å². The first-order valence-electron chi connectivity index (χ1n) is 9.91. The van der Waals surface area contributed by atoms with Crippen molar-refractivity contribution in [1.29, 1.82) is 0 Å². The first-order chi connectivity index (χ1) is 10.3. The Morgan fingerprint density at radius 2 is 1.24 bits per heavy atom. The SMILES string of the molecule is CCCC1CCC(C2CCC(CCCOCC)CC2)CC1. The maximum Gasteiger partial charge on any atom is 0.0465 e. The third kappa shape index (κ3) is 5.93. The molecule has 0 N–H and O–H groups in total. The van der Waals surface area contributed by atoms with E-state index >= 15 is 0 Å². The summed E-state index contributed by atoms with van der Waals surface area (Å²) in [5, 5.41) is 0. The monoisotopic (exact) mass is 294 g/mol. The Morgan fingerprint density at radius 3 is 1.71 bits per heavy atom. The minimum absolute atomic E-state index is 0.882. The third-order valence-corrected chi connectivity index (χ3v) is 6.25. The molecule has 0 amide bonds. The van der Waals surface area contributed by atoms with Gasteiger partial charge in [0.25, 0.3) is 0 Å². The lowest BCUT2D eigenvalue weighted by Gasteiger charge is -2.38. The van der Waals surface area contributed by atoms with E-state index in [1.165, 1.54) is 64.2 Å². The molecule has 1 nitrogen and oxygen atoms in total. The molecule has 0 aromatic rings. The summed E-state index contributed by atoms with van der Waals surface area (Å²) in [5.74, 6) is 4.25. The van der Waals surface area contributed by atoms with Crippen LogP contribution in [0.4, 0.5) is 0 Å². The summed E-state index contributed by atoms with van der Waals surface area (Å²) in [5.41, 5.74) is 0. The van der Waals surface area contributed by atoms with E-state index in [0.29, 0.717) is 0 Å². The lowest BCUT2D eigenvalue weighted by Crippen LogP contribution is -2.26. The highest BCUT2D eigenvalue weighted by molar-refractivity contribution is 4.82. The zero-order valence-corrected chi connectivity index (χ0v) is 14.6. The van der Waals surface area contributed by atoms with Crippen LogP contribution in [0.3, 0.4) is 0 Å². The smallest absolute Gasteiger partial charge is 0.0465 e. The molecule has 0 radical (unpaired) electrons. The molecule has 2 aliphatic carbocycles. The van der Waals surface area contributed by atoms with E-state index in [2.05, 4.69) is 13.8 Å². The van der Waals surface area contributed by atoms with Crippen molar-refractivity contribution in [2.24, 2.45) is 23.7 Å². The second kappa shape index (κ2) is 9.87. The van der Waals surface area contributed by atoms with Gasteiger partial charge in [0.2, 0.25) is 0 Å². The predicted octanol–water partition coefficient (Wildman–Crippen LogP) is 6.22. The zero-order valence-electron chi connectivity index (χ0n) is 14.6. The molecule has 0 aromatic heterocycles. The van der Waals surface area contributed by atoms with Crippen molar-refractivity contribution < 1.29 is 4.74 Å². The average Bonchev–Trinajstić information content (AvgIpc) is 2.53. The average molecular weight is 295 g/mol. The molecule has 2 fully saturated rings. The molecule has 2 aliphatic rings. The maximum absolute atomic E-state index is 5.47. The topological polar surface area (TPSA) is 9.23 Å². The lowest BCUT2D eigenvalue weighted by molar-refractivity contribution is 0.121. The molecule has 0 atom stereocenters. The van der Waals surface area contributed by atoms with E-state index < -0.39 is 0 Å². The molecule has 21 heavy (non-hydrogen) atoms. The van der Waals surface area contributed by atoms with Crippen molar-refractivity contribution in [2.45, 2.75) is 90.9 Å². The number of ether oxygens (including phenoxy) is 1.